The Morgan fingerprint density at radius 1 is 1.24 bits per heavy atom. The largest absolute Gasteiger partial charge is 0.480 e. The molecule has 7 nitrogen and oxygen atoms in total. The Hall–Kier alpha value is -2.80. The highest BCUT2D eigenvalue weighted by Crippen LogP contribution is 2.31. The number of rotatable bonds is 6. The van der Waals surface area contributed by atoms with E-state index in [1.54, 1.807) is 30.3 Å². The molecule has 0 spiro atoms. The topological polar surface area (TPSA) is 93.5 Å². The molecule has 0 aromatic heterocycles. The van der Waals surface area contributed by atoms with Crippen molar-refractivity contribution in [3.63, 3.8) is 0 Å². The Bertz CT molecular complexity index is 795. The van der Waals surface area contributed by atoms with Gasteiger partial charge in [-0.15, -0.1) is 0 Å². The second-order valence-corrected chi connectivity index (χ2v) is 6.02. The van der Waals surface area contributed by atoms with Gasteiger partial charge in [0.1, 0.15) is 5.75 Å². The lowest BCUT2D eigenvalue weighted by atomic mass is 10.1. The van der Waals surface area contributed by atoms with Gasteiger partial charge in [0, 0.05) is 42.4 Å². The second-order valence-electron chi connectivity index (χ2n) is 5.58. The summed E-state index contributed by atoms with van der Waals surface area (Å²) in [4.78, 5) is 22.3. The predicted octanol–water partition coefficient (Wildman–Crippen LogP) is 2.78. The first kappa shape index (κ1) is 17.0. The minimum atomic E-state index is -0.548. The van der Waals surface area contributed by atoms with E-state index in [9.17, 15) is 14.9 Å². The highest BCUT2D eigenvalue weighted by molar-refractivity contribution is 6.30. The van der Waals surface area contributed by atoms with Gasteiger partial charge in [0.25, 0.3) is 11.6 Å². The van der Waals surface area contributed by atoms with Gasteiger partial charge in [-0.1, -0.05) is 11.6 Å². The molecule has 1 aliphatic heterocycles. The monoisotopic (exact) mass is 361 g/mol. The third-order valence-corrected chi connectivity index (χ3v) is 4.06. The summed E-state index contributed by atoms with van der Waals surface area (Å²) in [5.74, 6) is 0.506. The summed E-state index contributed by atoms with van der Waals surface area (Å²) in [5.41, 5.74) is 1.72. The van der Waals surface area contributed by atoms with Crippen molar-refractivity contribution >= 4 is 28.9 Å². The van der Waals surface area contributed by atoms with E-state index in [2.05, 4.69) is 10.6 Å². The minimum Gasteiger partial charge on any atom is -0.480 e. The van der Waals surface area contributed by atoms with E-state index in [-0.39, 0.29) is 11.6 Å². The number of halogens is 1. The van der Waals surface area contributed by atoms with E-state index in [0.29, 0.717) is 30.3 Å². The number of hydrogen-bond donors (Lipinski definition) is 2. The zero-order valence-electron chi connectivity index (χ0n) is 13.2. The van der Waals surface area contributed by atoms with Gasteiger partial charge in [-0.2, -0.15) is 0 Å². The third kappa shape index (κ3) is 4.19. The van der Waals surface area contributed by atoms with Crippen LogP contribution in [0.5, 0.6) is 5.75 Å². The van der Waals surface area contributed by atoms with Crippen LogP contribution in [-0.4, -0.2) is 30.0 Å². The number of carbonyl (C=O) groups excluding carboxylic acids is 1. The smallest absolute Gasteiger partial charge is 0.269 e. The number of hydrogen-bond acceptors (Lipinski definition) is 5. The first-order valence-electron chi connectivity index (χ1n) is 7.74. The predicted molar refractivity (Wildman–Crippen MR) is 94.2 cm³/mol. The van der Waals surface area contributed by atoms with Crippen LogP contribution in [0.1, 0.15) is 5.56 Å². The third-order valence-electron chi connectivity index (χ3n) is 3.82. The van der Waals surface area contributed by atoms with E-state index >= 15 is 0 Å². The minimum absolute atomic E-state index is 0.0388. The normalized spacial score (nSPS) is 15.2. The summed E-state index contributed by atoms with van der Waals surface area (Å²) in [6.45, 7) is 0.905. The molecule has 0 saturated carbocycles. The van der Waals surface area contributed by atoms with Crippen molar-refractivity contribution < 1.29 is 14.5 Å². The first-order valence-corrected chi connectivity index (χ1v) is 8.12. The van der Waals surface area contributed by atoms with Crippen LogP contribution in [0.4, 0.5) is 11.4 Å². The molecule has 3 rings (SSSR count). The maximum absolute atomic E-state index is 12.2. The lowest BCUT2D eigenvalue weighted by Crippen LogP contribution is -2.39. The molecular formula is C17H16ClN3O4. The van der Waals surface area contributed by atoms with E-state index in [0.717, 1.165) is 11.3 Å². The Labute approximate surface area is 149 Å². The van der Waals surface area contributed by atoms with Crippen LogP contribution in [0, 0.1) is 10.1 Å². The molecule has 0 saturated heterocycles. The number of benzene rings is 2. The first-order chi connectivity index (χ1) is 12.0. The van der Waals surface area contributed by atoms with Crippen LogP contribution in [0.2, 0.25) is 5.02 Å². The van der Waals surface area contributed by atoms with Crippen molar-refractivity contribution in [1.29, 1.82) is 0 Å². The van der Waals surface area contributed by atoms with Crippen LogP contribution in [0.3, 0.4) is 0 Å². The summed E-state index contributed by atoms with van der Waals surface area (Å²) >= 11 is 5.94. The van der Waals surface area contributed by atoms with Crippen LogP contribution in [0.25, 0.3) is 0 Å². The Morgan fingerprint density at radius 2 is 2.00 bits per heavy atom. The summed E-state index contributed by atoms with van der Waals surface area (Å²) in [7, 11) is 0. The molecule has 1 atom stereocenters. The molecule has 2 N–H and O–H groups in total. The fourth-order valence-corrected chi connectivity index (χ4v) is 2.77. The lowest BCUT2D eigenvalue weighted by molar-refractivity contribution is -0.384. The maximum Gasteiger partial charge on any atom is 0.269 e. The Balaban J connectivity index is 1.42. The molecule has 1 amide bonds. The van der Waals surface area contributed by atoms with Crippen LogP contribution in [0.15, 0.2) is 42.5 Å². The molecule has 2 aromatic rings. The standard InChI is InChI=1S/C17H16ClN3O4/c18-12-1-6-15-11(9-12)10-16(25-15)17(22)20-8-7-19-13-2-4-14(5-3-13)21(23)24/h1-6,9,16,19H,7-8,10H2,(H,20,22)/t16-/m1/s1. The highest BCUT2D eigenvalue weighted by Gasteiger charge is 2.28. The fourth-order valence-electron chi connectivity index (χ4n) is 2.57. The van der Waals surface area contributed by atoms with E-state index in [1.165, 1.54) is 12.1 Å². The van der Waals surface area contributed by atoms with Gasteiger partial charge < -0.3 is 15.4 Å². The van der Waals surface area contributed by atoms with E-state index < -0.39 is 11.0 Å². The molecule has 8 heteroatoms. The summed E-state index contributed by atoms with van der Waals surface area (Å²) in [6, 6.07) is 11.4. The number of nitrogens with zero attached hydrogens (tertiary/aromatic N) is 1. The fraction of sp³-hybridized carbons (Fsp3) is 0.235. The van der Waals surface area contributed by atoms with E-state index in [1.807, 2.05) is 0 Å². The molecule has 0 unspecified atom stereocenters. The lowest BCUT2D eigenvalue weighted by Gasteiger charge is -2.12. The Morgan fingerprint density at radius 3 is 2.72 bits per heavy atom. The Kier molecular flexibility index (Phi) is 5.04. The number of nitro groups is 1. The molecule has 25 heavy (non-hydrogen) atoms. The zero-order chi connectivity index (χ0) is 17.8. The zero-order valence-corrected chi connectivity index (χ0v) is 14.0. The van der Waals surface area contributed by atoms with Crippen molar-refractivity contribution in [2.75, 3.05) is 18.4 Å². The molecule has 0 bridgehead atoms. The number of anilines is 1. The van der Waals surface area contributed by atoms with Crippen molar-refractivity contribution in [3.8, 4) is 5.75 Å². The van der Waals surface area contributed by atoms with Gasteiger partial charge in [0.2, 0.25) is 0 Å². The van der Waals surface area contributed by atoms with Crippen molar-refractivity contribution in [2.24, 2.45) is 0 Å². The van der Waals surface area contributed by atoms with Gasteiger partial charge >= 0.3 is 0 Å². The van der Waals surface area contributed by atoms with Gasteiger partial charge in [-0.05, 0) is 35.9 Å². The molecule has 2 aromatic carbocycles. The average molecular weight is 362 g/mol. The SMILES string of the molecule is O=C(NCCNc1ccc([N+](=O)[O-])cc1)[C@H]1Cc2cc(Cl)ccc2O1. The molecule has 1 heterocycles. The molecule has 0 fully saturated rings. The molecule has 1 aliphatic rings. The number of ether oxygens (including phenoxy) is 1. The van der Waals surface area contributed by atoms with Crippen LogP contribution >= 0.6 is 11.6 Å². The molecular weight excluding hydrogens is 346 g/mol. The number of nitro benzene ring substituents is 1. The number of fused-ring (bicyclic) bond motifs is 1. The maximum atomic E-state index is 12.2. The number of non-ortho nitro benzene ring substituents is 1. The van der Waals surface area contributed by atoms with Crippen molar-refractivity contribution in [2.45, 2.75) is 12.5 Å². The van der Waals surface area contributed by atoms with Gasteiger partial charge in [0.05, 0.1) is 4.92 Å². The van der Waals surface area contributed by atoms with Crippen LogP contribution < -0.4 is 15.4 Å². The summed E-state index contributed by atoms with van der Waals surface area (Å²) in [5, 5.41) is 17.1. The van der Waals surface area contributed by atoms with Gasteiger partial charge in [0.15, 0.2) is 6.10 Å². The van der Waals surface area contributed by atoms with Crippen molar-refractivity contribution in [1.82, 2.24) is 5.32 Å². The van der Waals surface area contributed by atoms with Crippen molar-refractivity contribution in [3.05, 3.63) is 63.2 Å². The number of nitrogens with one attached hydrogen (secondary N) is 2. The second kappa shape index (κ2) is 7.40. The number of amides is 1. The van der Waals surface area contributed by atoms with Gasteiger partial charge in [-0.25, -0.2) is 0 Å². The quantitative estimate of drug-likeness (QED) is 0.469. The molecule has 130 valence electrons. The van der Waals surface area contributed by atoms with E-state index in [4.69, 9.17) is 16.3 Å². The van der Waals surface area contributed by atoms with Gasteiger partial charge in [-0.3, -0.25) is 14.9 Å². The average Bonchev–Trinajstić information content (AvgIpc) is 3.02. The van der Waals surface area contributed by atoms with Crippen LogP contribution in [-0.2, 0) is 11.2 Å². The summed E-state index contributed by atoms with van der Waals surface area (Å²) < 4.78 is 5.62. The molecule has 0 aliphatic carbocycles. The number of carbonyl (C=O) groups is 1. The molecule has 0 radical (unpaired) electrons. The summed E-state index contributed by atoms with van der Waals surface area (Å²) in [6.07, 6.45) is -0.0508. The highest BCUT2D eigenvalue weighted by atomic mass is 35.5.